The van der Waals surface area contributed by atoms with Crippen LogP contribution in [-0.2, 0) is 26.2 Å². The van der Waals surface area contributed by atoms with Crippen molar-refractivity contribution in [2.75, 3.05) is 31.6 Å². The molecule has 5 aromatic rings. The number of piperazine rings is 1. The van der Waals surface area contributed by atoms with Crippen molar-refractivity contribution in [2.24, 2.45) is 0 Å². The molecule has 1 unspecified atom stereocenters. The summed E-state index contributed by atoms with van der Waals surface area (Å²) < 4.78 is 29.8. The molecule has 13 heteroatoms. The minimum absolute atomic E-state index is 0.0441. The number of anilines is 1. The van der Waals surface area contributed by atoms with E-state index in [2.05, 4.69) is 37.8 Å². The molecular weight excluding hydrogens is 613 g/mol. The Morgan fingerprint density at radius 2 is 1.98 bits per heavy atom. The number of ether oxygens (including phenoxy) is 2. The molecule has 0 saturated carbocycles. The number of carboxylic acid groups (broad SMARTS) is 1. The summed E-state index contributed by atoms with van der Waals surface area (Å²) in [5, 5.41) is 10.1. The first-order chi connectivity index (χ1) is 22.2. The van der Waals surface area contributed by atoms with E-state index < -0.39 is 11.8 Å². The molecule has 1 saturated heterocycles. The fourth-order valence-corrected chi connectivity index (χ4v) is 5.97. The van der Waals surface area contributed by atoms with Gasteiger partial charge in [-0.25, -0.2) is 19.2 Å². The highest BCUT2D eigenvalue weighted by Crippen LogP contribution is 2.30. The number of benzene rings is 2. The van der Waals surface area contributed by atoms with E-state index in [1.165, 1.54) is 19.2 Å². The van der Waals surface area contributed by atoms with Gasteiger partial charge in [0.2, 0.25) is 5.88 Å². The smallest absolute Gasteiger partial charge is 0.335 e. The fourth-order valence-electron chi connectivity index (χ4n) is 5.81. The van der Waals surface area contributed by atoms with E-state index in [1.54, 1.807) is 30.6 Å². The van der Waals surface area contributed by atoms with E-state index >= 15 is 0 Å². The molecule has 1 aliphatic heterocycles. The molecule has 0 aliphatic carbocycles. The quantitative estimate of drug-likeness (QED) is 0.199. The van der Waals surface area contributed by atoms with Crippen LogP contribution in [0.25, 0.3) is 11.0 Å². The zero-order valence-corrected chi connectivity index (χ0v) is 26.6. The Hall–Kier alpha value is -4.68. The second kappa shape index (κ2) is 13.4. The number of nitrogens with zero attached hydrogens (tertiary/aromatic N) is 7. The number of halogens is 2. The van der Waals surface area contributed by atoms with Gasteiger partial charge < -0.3 is 28.6 Å². The number of carbonyl (C=O) groups is 1. The molecule has 11 nitrogen and oxygen atoms in total. The van der Waals surface area contributed by atoms with Crippen LogP contribution >= 0.6 is 11.6 Å². The van der Waals surface area contributed by atoms with Crippen molar-refractivity contribution in [3.63, 3.8) is 0 Å². The summed E-state index contributed by atoms with van der Waals surface area (Å²) in [5.41, 5.74) is 2.85. The van der Waals surface area contributed by atoms with Gasteiger partial charge in [-0.1, -0.05) is 23.7 Å². The van der Waals surface area contributed by atoms with E-state index in [-0.39, 0.29) is 18.2 Å². The van der Waals surface area contributed by atoms with Gasteiger partial charge in [-0.15, -0.1) is 0 Å². The monoisotopic (exact) mass is 647 g/mol. The van der Waals surface area contributed by atoms with Crippen molar-refractivity contribution in [2.45, 2.75) is 46.1 Å². The molecule has 0 amide bonds. The Morgan fingerprint density at radius 1 is 1.13 bits per heavy atom. The summed E-state index contributed by atoms with van der Waals surface area (Å²) >= 11 is 5.87. The van der Waals surface area contributed by atoms with Crippen LogP contribution in [0.5, 0.6) is 11.6 Å². The van der Waals surface area contributed by atoms with Crippen LogP contribution in [-0.4, -0.2) is 72.8 Å². The summed E-state index contributed by atoms with van der Waals surface area (Å²) in [6.07, 6.45) is 3.62. The van der Waals surface area contributed by atoms with Crippen LogP contribution in [0.4, 0.5) is 10.2 Å². The van der Waals surface area contributed by atoms with Crippen molar-refractivity contribution in [1.29, 1.82) is 0 Å². The van der Waals surface area contributed by atoms with Crippen molar-refractivity contribution < 1.29 is 23.8 Å². The molecular formula is C33H35ClFN7O4. The highest BCUT2D eigenvalue weighted by Gasteiger charge is 2.28. The molecule has 0 spiro atoms. The maximum absolute atomic E-state index is 14.2. The third kappa shape index (κ3) is 6.49. The number of aryl methyl sites for hydroxylation is 1. The zero-order valence-electron chi connectivity index (χ0n) is 25.9. The van der Waals surface area contributed by atoms with Gasteiger partial charge in [0.1, 0.15) is 35.3 Å². The van der Waals surface area contributed by atoms with Gasteiger partial charge in [0, 0.05) is 55.1 Å². The molecule has 3 aromatic heterocycles. The predicted octanol–water partition coefficient (Wildman–Crippen LogP) is 5.49. The second-order valence-corrected chi connectivity index (χ2v) is 11.7. The van der Waals surface area contributed by atoms with Gasteiger partial charge in [0.25, 0.3) is 0 Å². The Balaban J connectivity index is 1.21. The van der Waals surface area contributed by atoms with E-state index in [0.29, 0.717) is 46.3 Å². The summed E-state index contributed by atoms with van der Waals surface area (Å²) in [5.74, 6) is 0.979. The number of rotatable bonds is 11. The average Bonchev–Trinajstić information content (AvgIpc) is 3.65. The highest BCUT2D eigenvalue weighted by molar-refractivity contribution is 6.30. The summed E-state index contributed by atoms with van der Waals surface area (Å²) in [7, 11) is 1.52. The molecule has 0 radical (unpaired) electrons. The predicted molar refractivity (Wildman–Crippen MR) is 172 cm³/mol. The number of aromatic carboxylic acids is 1. The maximum atomic E-state index is 14.2. The normalized spacial score (nSPS) is 15.4. The number of fused-ring (bicyclic) bond motifs is 1. The van der Waals surface area contributed by atoms with Crippen LogP contribution in [0.15, 0.2) is 61.1 Å². The Morgan fingerprint density at radius 3 is 2.72 bits per heavy atom. The van der Waals surface area contributed by atoms with Gasteiger partial charge in [-0.2, -0.15) is 4.98 Å². The molecule has 6 rings (SSSR count). The molecule has 1 atom stereocenters. The lowest BCUT2D eigenvalue weighted by Gasteiger charge is -2.40. The van der Waals surface area contributed by atoms with E-state index in [4.69, 9.17) is 31.0 Å². The molecule has 1 aliphatic rings. The standard InChI is InChI=1S/C33H35ClFN7O4/c1-4-39-20-36-15-25(39)17-42-27-12-23(33(43)44)13-28(45-3)32(27)38-30(42)18-40-10-11-41(16-21(40)2)29-6-5-7-31(37-29)46-19-22-8-9-24(34)14-26(22)35/h5-9,12-15,20-21H,4,10-11,16-19H2,1-3H3,(H,43,44). The first-order valence-electron chi connectivity index (χ1n) is 15.1. The molecule has 46 heavy (non-hydrogen) atoms. The highest BCUT2D eigenvalue weighted by atomic mass is 35.5. The first kappa shape index (κ1) is 31.3. The van der Waals surface area contributed by atoms with Crippen LogP contribution in [0.1, 0.15) is 41.3 Å². The van der Waals surface area contributed by atoms with Crippen LogP contribution in [0.2, 0.25) is 5.02 Å². The van der Waals surface area contributed by atoms with Gasteiger partial charge in [-0.05, 0) is 44.2 Å². The second-order valence-electron chi connectivity index (χ2n) is 11.3. The number of hydrogen-bond acceptors (Lipinski definition) is 8. The molecule has 1 fully saturated rings. The van der Waals surface area contributed by atoms with Gasteiger partial charge in [0.05, 0.1) is 43.3 Å². The zero-order chi connectivity index (χ0) is 32.4. The van der Waals surface area contributed by atoms with Crippen molar-refractivity contribution in [1.82, 2.24) is 29.0 Å². The van der Waals surface area contributed by atoms with Crippen molar-refractivity contribution >= 4 is 34.4 Å². The molecule has 4 heterocycles. The molecule has 1 N–H and O–H groups in total. The van der Waals surface area contributed by atoms with Crippen molar-refractivity contribution in [3.8, 4) is 11.6 Å². The van der Waals surface area contributed by atoms with Crippen molar-refractivity contribution in [3.05, 3.63) is 94.5 Å². The number of methoxy groups -OCH3 is 1. The van der Waals surface area contributed by atoms with E-state index in [1.807, 2.05) is 18.3 Å². The number of pyridine rings is 1. The van der Waals surface area contributed by atoms with Crippen LogP contribution in [0, 0.1) is 5.82 Å². The Kier molecular flexibility index (Phi) is 9.09. The van der Waals surface area contributed by atoms with Gasteiger partial charge >= 0.3 is 5.97 Å². The summed E-state index contributed by atoms with van der Waals surface area (Å²) in [6, 6.07) is 13.4. The number of carboxylic acids is 1. The fraction of sp³-hybridized carbons (Fsp3) is 0.333. The van der Waals surface area contributed by atoms with Gasteiger partial charge in [0.15, 0.2) is 0 Å². The van der Waals surface area contributed by atoms with Crippen LogP contribution < -0.4 is 14.4 Å². The largest absolute Gasteiger partial charge is 0.494 e. The lowest BCUT2D eigenvalue weighted by Crippen LogP contribution is -2.52. The third-order valence-electron chi connectivity index (χ3n) is 8.36. The molecule has 0 bridgehead atoms. The summed E-state index contributed by atoms with van der Waals surface area (Å²) in [4.78, 5) is 30.5. The number of aromatic nitrogens is 5. The van der Waals surface area contributed by atoms with Crippen LogP contribution in [0.3, 0.4) is 0 Å². The number of hydrogen-bond donors (Lipinski definition) is 1. The maximum Gasteiger partial charge on any atom is 0.335 e. The SMILES string of the molecule is CCn1cncc1Cn1c(CN2CCN(c3cccc(OCc4ccc(Cl)cc4F)n3)CC2C)nc2c(OC)cc(C(=O)O)cc21. The first-order valence-corrected chi connectivity index (χ1v) is 15.4. The minimum atomic E-state index is -1.03. The average molecular weight is 648 g/mol. The van der Waals surface area contributed by atoms with Gasteiger partial charge in [-0.3, -0.25) is 4.90 Å². The summed E-state index contributed by atoms with van der Waals surface area (Å²) in [6.45, 7) is 8.26. The lowest BCUT2D eigenvalue weighted by atomic mass is 10.2. The Bertz CT molecular complexity index is 1880. The lowest BCUT2D eigenvalue weighted by molar-refractivity contribution is 0.0696. The molecule has 2 aromatic carbocycles. The Labute approximate surface area is 270 Å². The topological polar surface area (TPSA) is 111 Å². The van der Waals surface area contributed by atoms with E-state index in [9.17, 15) is 14.3 Å². The third-order valence-corrected chi connectivity index (χ3v) is 8.59. The molecule has 240 valence electrons. The van der Waals surface area contributed by atoms with E-state index in [0.717, 1.165) is 43.5 Å². The minimum Gasteiger partial charge on any atom is -0.494 e. The number of imidazole rings is 2.